The largest absolute Gasteiger partial charge is 1.00 e. The molecule has 17 heteroatoms. The molecule has 0 unspecified atom stereocenters. The Morgan fingerprint density at radius 2 is 1.60 bits per heavy atom. The zero-order valence-corrected chi connectivity index (χ0v) is 31.6. The van der Waals surface area contributed by atoms with Gasteiger partial charge in [-0.2, -0.15) is 0 Å². The number of rotatable bonds is 13. The predicted octanol–water partition coefficient (Wildman–Crippen LogP) is -4.99. The van der Waals surface area contributed by atoms with Crippen molar-refractivity contribution in [3.8, 4) is 5.75 Å². The molecule has 0 radical (unpaired) electrons. The molecule has 3 aromatic carbocycles. The average Bonchev–Trinajstić information content (AvgIpc) is 3.08. The van der Waals surface area contributed by atoms with Crippen LogP contribution in [0.1, 0.15) is 22.3 Å². The number of thioether (sulfide) groups is 4. The van der Waals surface area contributed by atoms with E-state index in [-0.39, 0.29) is 65.7 Å². The number of nitrogens with one attached hydrogen (secondary N) is 1. The fourth-order valence-electron chi connectivity index (χ4n) is 5.00. The monoisotopic (exact) mass is 794 g/mol. The number of nitrogens with zero attached hydrogens (tertiary/aromatic N) is 1. The first kappa shape index (κ1) is 41.0. The summed E-state index contributed by atoms with van der Waals surface area (Å²) in [5, 5.41) is 14.4. The summed E-state index contributed by atoms with van der Waals surface area (Å²) >= 11 is 5.51. The lowest BCUT2D eigenvalue weighted by atomic mass is 10.0. The van der Waals surface area contributed by atoms with Gasteiger partial charge in [0, 0.05) is 27.1 Å². The summed E-state index contributed by atoms with van der Waals surface area (Å²) < 4.78 is 11.0. The van der Waals surface area contributed by atoms with E-state index in [1.807, 2.05) is 60.7 Å². The first-order valence-corrected chi connectivity index (χ1v) is 18.6. The van der Waals surface area contributed by atoms with Crippen LogP contribution >= 0.6 is 47.0 Å². The SMILES string of the molecule is COc1ccc(COC(=O)C2=C(Sc3ccc(CSC(N)=[NH2+])cc3CSC(N)=[NH2+])CS[C@@H]3[C@H](NC(=O)Cc4ccccc4)C(=O)N23)cc1.[Cl-].[Cl-]. The van der Waals surface area contributed by atoms with Gasteiger partial charge in [0.15, 0.2) is 0 Å². The van der Waals surface area contributed by atoms with Crippen molar-refractivity contribution in [2.24, 2.45) is 11.5 Å². The summed E-state index contributed by atoms with van der Waals surface area (Å²) in [5.41, 5.74) is 15.2. The van der Waals surface area contributed by atoms with Crippen LogP contribution in [0.3, 0.4) is 0 Å². The molecule has 3 aromatic rings. The van der Waals surface area contributed by atoms with Crippen molar-refractivity contribution in [1.82, 2.24) is 10.2 Å². The molecule has 1 saturated heterocycles. The van der Waals surface area contributed by atoms with Crippen molar-refractivity contribution < 1.29 is 59.5 Å². The Labute approximate surface area is 319 Å². The smallest absolute Gasteiger partial charge is 0.356 e. The van der Waals surface area contributed by atoms with Crippen molar-refractivity contribution in [2.45, 2.75) is 40.8 Å². The lowest BCUT2D eigenvalue weighted by Gasteiger charge is -2.49. The fraction of sp³-hybridized carbons (Fsp3) is 0.242. The highest BCUT2D eigenvalue weighted by Crippen LogP contribution is 2.46. The molecule has 0 aromatic heterocycles. The number of methoxy groups -OCH3 is 1. The van der Waals surface area contributed by atoms with Crippen molar-refractivity contribution >= 4 is 75.2 Å². The van der Waals surface area contributed by atoms with E-state index in [0.717, 1.165) is 27.1 Å². The maximum absolute atomic E-state index is 13.8. The molecule has 0 aliphatic carbocycles. The molecule has 0 bridgehead atoms. The minimum Gasteiger partial charge on any atom is -1.00 e. The second-order valence-corrected chi connectivity index (χ2v) is 15.1. The van der Waals surface area contributed by atoms with E-state index in [1.165, 1.54) is 51.9 Å². The maximum atomic E-state index is 13.8. The van der Waals surface area contributed by atoms with E-state index in [1.54, 1.807) is 19.2 Å². The zero-order chi connectivity index (χ0) is 34.2. The lowest BCUT2D eigenvalue weighted by molar-refractivity contribution is -0.153. The molecule has 0 saturated carbocycles. The molecule has 0 spiro atoms. The quantitative estimate of drug-likeness (QED) is 0.0483. The first-order valence-electron chi connectivity index (χ1n) is 14.7. The van der Waals surface area contributed by atoms with Gasteiger partial charge in [0.1, 0.15) is 29.5 Å². The number of hydrogen-bond acceptors (Lipinski definition) is 9. The van der Waals surface area contributed by atoms with Crippen molar-refractivity contribution in [2.75, 3.05) is 12.9 Å². The molecule has 5 rings (SSSR count). The topological polar surface area (TPSA) is 188 Å². The van der Waals surface area contributed by atoms with E-state index in [4.69, 9.17) is 31.8 Å². The van der Waals surface area contributed by atoms with Crippen LogP contribution in [0.25, 0.3) is 0 Å². The highest BCUT2D eigenvalue weighted by molar-refractivity contribution is 8.13. The normalized spacial score (nSPS) is 16.2. The van der Waals surface area contributed by atoms with E-state index >= 15 is 0 Å². The van der Waals surface area contributed by atoms with Crippen LogP contribution in [0.5, 0.6) is 5.75 Å². The van der Waals surface area contributed by atoms with Gasteiger partial charge in [-0.3, -0.25) is 36.8 Å². The van der Waals surface area contributed by atoms with Crippen molar-refractivity contribution in [3.63, 3.8) is 0 Å². The molecule has 50 heavy (non-hydrogen) atoms. The molecule has 9 N–H and O–H groups in total. The molecule has 1 fully saturated rings. The summed E-state index contributed by atoms with van der Waals surface area (Å²) in [4.78, 5) is 43.3. The van der Waals surface area contributed by atoms with Gasteiger partial charge in [-0.15, -0.1) is 11.8 Å². The van der Waals surface area contributed by atoms with Gasteiger partial charge in [0.05, 0.1) is 13.5 Å². The molecule has 2 aliphatic rings. The van der Waals surface area contributed by atoms with Gasteiger partial charge in [0.2, 0.25) is 5.91 Å². The number of hydrogen-bond donors (Lipinski definition) is 5. The number of carbonyl (C=O) groups excluding carboxylic acids is 3. The van der Waals surface area contributed by atoms with Crippen LogP contribution in [0.2, 0.25) is 0 Å². The molecular formula is C33H36Cl2N6O5S4. The van der Waals surface area contributed by atoms with E-state index in [2.05, 4.69) is 5.32 Å². The molecule has 266 valence electrons. The second kappa shape index (κ2) is 19.2. The summed E-state index contributed by atoms with van der Waals surface area (Å²) in [5.74, 6) is 0.913. The molecule has 2 heterocycles. The predicted molar refractivity (Wildman–Crippen MR) is 192 cm³/mol. The summed E-state index contributed by atoms with van der Waals surface area (Å²) in [7, 11) is 1.58. The molecule has 11 nitrogen and oxygen atoms in total. The third-order valence-electron chi connectivity index (χ3n) is 7.34. The minimum absolute atomic E-state index is 0. The van der Waals surface area contributed by atoms with Gasteiger partial charge >= 0.3 is 5.97 Å². The maximum Gasteiger partial charge on any atom is 0.356 e. The number of fused-ring (bicyclic) bond motifs is 1. The number of esters is 1. The van der Waals surface area contributed by atoms with Gasteiger partial charge in [-0.1, -0.05) is 66.4 Å². The Hall–Kier alpha value is -3.47. The summed E-state index contributed by atoms with van der Waals surface area (Å²) in [6.45, 7) is 0.00249. The zero-order valence-electron chi connectivity index (χ0n) is 26.8. The number of carbonyl (C=O) groups is 3. The second-order valence-electron chi connectivity index (χ2n) is 10.7. The first-order chi connectivity index (χ1) is 23.1. The number of β-lactam (4-membered cyclic amide) rings is 1. The molecule has 2 atom stereocenters. The standard InChI is InChI=1S/C33H34N6O5S4.2ClH/c1-43-23-10-7-20(8-11-23)15-44-31(42)28-25(48-24-12-9-21(16-46-32(34)35)13-22(24)17-47-33(36)37)18-45-30-27(29(41)39(28)30)38-26(40)14-19-5-3-2-4-6-19;;/h2-13,27,30H,14-18H2,1H3,(H3,34,35)(H3,36,37)(H,38,40);2*1H/t27-,30-;;/m1../s1. The number of amidine groups is 2. The van der Waals surface area contributed by atoms with Crippen molar-refractivity contribution in [3.05, 3.63) is 106 Å². The van der Waals surface area contributed by atoms with Crippen LogP contribution in [0.15, 0.2) is 88.3 Å². The Kier molecular flexibility index (Phi) is 15.7. The van der Waals surface area contributed by atoms with Crippen LogP contribution < -0.4 is 57.2 Å². The van der Waals surface area contributed by atoms with Crippen LogP contribution in [-0.4, -0.2) is 57.3 Å². The minimum atomic E-state index is -0.763. The van der Waals surface area contributed by atoms with E-state index in [9.17, 15) is 14.4 Å². The number of amides is 2. The number of ether oxygens (including phenoxy) is 2. The van der Waals surface area contributed by atoms with Gasteiger partial charge in [0.25, 0.3) is 16.2 Å². The van der Waals surface area contributed by atoms with Crippen molar-refractivity contribution in [1.29, 1.82) is 0 Å². The molecule has 2 aliphatic heterocycles. The van der Waals surface area contributed by atoms with Gasteiger partial charge < -0.3 is 39.6 Å². The average molecular weight is 796 g/mol. The van der Waals surface area contributed by atoms with Gasteiger partial charge in [-0.25, -0.2) is 4.79 Å². The fourth-order valence-corrected chi connectivity index (χ4v) is 8.74. The van der Waals surface area contributed by atoms with Crippen LogP contribution in [0, 0.1) is 0 Å². The summed E-state index contributed by atoms with van der Waals surface area (Å²) in [6, 6.07) is 21.7. The van der Waals surface area contributed by atoms with E-state index < -0.39 is 17.4 Å². The van der Waals surface area contributed by atoms with E-state index in [0.29, 0.717) is 27.9 Å². The Bertz CT molecular complexity index is 1750. The third-order valence-corrected chi connectivity index (χ3v) is 11.6. The van der Waals surface area contributed by atoms with Gasteiger partial charge in [-0.05, 0) is 64.0 Å². The summed E-state index contributed by atoms with van der Waals surface area (Å²) in [6.07, 6.45) is 0.144. The highest BCUT2D eigenvalue weighted by Gasteiger charge is 2.54. The lowest BCUT2D eigenvalue weighted by Crippen LogP contribution is -3.00. The van der Waals surface area contributed by atoms with Crippen LogP contribution in [0.4, 0.5) is 0 Å². The third kappa shape index (κ3) is 10.5. The Morgan fingerprint density at radius 1 is 0.940 bits per heavy atom. The molecular weight excluding hydrogens is 760 g/mol. The number of nitrogens with two attached hydrogens (primary N) is 4. The number of halogens is 2. The Balaban J connectivity index is 0.00000338. The Morgan fingerprint density at radius 3 is 2.26 bits per heavy atom. The number of benzene rings is 3. The van der Waals surface area contributed by atoms with Crippen LogP contribution in [-0.2, 0) is 43.7 Å². The highest BCUT2D eigenvalue weighted by atomic mass is 35.5. The molecule has 2 amide bonds.